The zero-order valence-electron chi connectivity index (χ0n) is 14.4. The Kier molecular flexibility index (Phi) is 5.45. The van der Waals surface area contributed by atoms with Crippen molar-refractivity contribution in [3.8, 4) is 0 Å². The lowest BCUT2D eigenvalue weighted by Crippen LogP contribution is -2.40. The van der Waals surface area contributed by atoms with E-state index in [0.717, 1.165) is 36.7 Å². The van der Waals surface area contributed by atoms with Crippen LogP contribution in [0, 0.1) is 31.3 Å². The Morgan fingerprint density at radius 1 is 1.12 bits per heavy atom. The molecule has 1 fully saturated rings. The van der Waals surface area contributed by atoms with E-state index >= 15 is 0 Å². The minimum Gasteiger partial charge on any atom is -0.373 e. The van der Waals surface area contributed by atoms with Gasteiger partial charge in [-0.2, -0.15) is 0 Å². The highest BCUT2D eigenvalue weighted by molar-refractivity contribution is 5.32. The van der Waals surface area contributed by atoms with Crippen LogP contribution in [-0.4, -0.2) is 19.2 Å². The molecule has 0 spiro atoms. The Bertz CT molecular complexity index is 763. The van der Waals surface area contributed by atoms with E-state index in [2.05, 4.69) is 5.32 Å². The second-order valence-electron chi connectivity index (χ2n) is 6.60. The smallest absolute Gasteiger partial charge is 0.162 e. The standard InChI is InChI=1S/C20H22F3NO/c1-12-9-15(21)4-5-16(12)17-10-24-8-7-19(17)25-11-14-3-6-18(22)20(23)13(14)2/h3-6,9,17,19,24H,7-8,10-11H2,1-2H3. The SMILES string of the molecule is Cc1cc(F)ccc1C1CNCCC1OCc1ccc(F)c(F)c1C. The summed E-state index contributed by atoms with van der Waals surface area (Å²) in [6, 6.07) is 7.49. The molecular weight excluding hydrogens is 327 g/mol. The molecule has 3 rings (SSSR count). The Labute approximate surface area is 146 Å². The molecule has 0 aromatic heterocycles. The largest absolute Gasteiger partial charge is 0.373 e. The summed E-state index contributed by atoms with van der Waals surface area (Å²) in [6.45, 7) is 5.25. The predicted octanol–water partition coefficient (Wildman–Crippen LogP) is 4.38. The summed E-state index contributed by atoms with van der Waals surface area (Å²) in [5.74, 6) is -1.82. The van der Waals surface area contributed by atoms with Gasteiger partial charge in [-0.15, -0.1) is 0 Å². The van der Waals surface area contributed by atoms with Crippen LogP contribution >= 0.6 is 0 Å². The van der Waals surface area contributed by atoms with E-state index in [1.807, 2.05) is 13.0 Å². The molecule has 0 saturated carbocycles. The molecule has 134 valence electrons. The number of piperidine rings is 1. The van der Waals surface area contributed by atoms with Crippen LogP contribution in [0.3, 0.4) is 0 Å². The highest BCUT2D eigenvalue weighted by Crippen LogP contribution is 2.30. The van der Waals surface area contributed by atoms with Gasteiger partial charge in [0.05, 0.1) is 12.7 Å². The molecule has 1 aliphatic rings. The van der Waals surface area contributed by atoms with Gasteiger partial charge in [0, 0.05) is 12.5 Å². The van der Waals surface area contributed by atoms with Crippen molar-refractivity contribution in [2.24, 2.45) is 0 Å². The Morgan fingerprint density at radius 2 is 1.92 bits per heavy atom. The number of rotatable bonds is 4. The summed E-state index contributed by atoms with van der Waals surface area (Å²) in [6.07, 6.45) is 0.752. The number of nitrogens with one attached hydrogen (secondary N) is 1. The Balaban J connectivity index is 1.77. The van der Waals surface area contributed by atoms with E-state index in [0.29, 0.717) is 5.56 Å². The molecule has 1 heterocycles. The van der Waals surface area contributed by atoms with Crippen molar-refractivity contribution in [3.05, 3.63) is 70.0 Å². The quantitative estimate of drug-likeness (QED) is 0.884. The third kappa shape index (κ3) is 3.88. The van der Waals surface area contributed by atoms with Gasteiger partial charge in [-0.3, -0.25) is 0 Å². The van der Waals surface area contributed by atoms with Crippen molar-refractivity contribution in [2.75, 3.05) is 13.1 Å². The minimum atomic E-state index is -0.845. The van der Waals surface area contributed by atoms with E-state index in [1.165, 1.54) is 12.1 Å². The van der Waals surface area contributed by atoms with Crippen LogP contribution in [0.1, 0.15) is 34.6 Å². The number of aryl methyl sites for hydroxylation is 1. The fourth-order valence-electron chi connectivity index (χ4n) is 3.44. The van der Waals surface area contributed by atoms with Gasteiger partial charge in [0.2, 0.25) is 0 Å². The highest BCUT2D eigenvalue weighted by atomic mass is 19.2. The van der Waals surface area contributed by atoms with Crippen molar-refractivity contribution >= 4 is 0 Å². The molecule has 1 aliphatic heterocycles. The van der Waals surface area contributed by atoms with Gasteiger partial charge in [0.1, 0.15) is 5.82 Å². The van der Waals surface area contributed by atoms with E-state index < -0.39 is 11.6 Å². The van der Waals surface area contributed by atoms with Crippen LogP contribution in [0.2, 0.25) is 0 Å². The molecule has 1 N–H and O–H groups in total. The van der Waals surface area contributed by atoms with Gasteiger partial charge in [-0.25, -0.2) is 13.2 Å². The van der Waals surface area contributed by atoms with Gasteiger partial charge in [0.25, 0.3) is 0 Å². The molecule has 2 aromatic rings. The molecule has 0 amide bonds. The summed E-state index contributed by atoms with van der Waals surface area (Å²) in [4.78, 5) is 0. The summed E-state index contributed by atoms with van der Waals surface area (Å²) in [5, 5.41) is 3.35. The first-order chi connectivity index (χ1) is 12.0. The fourth-order valence-corrected chi connectivity index (χ4v) is 3.44. The lowest BCUT2D eigenvalue weighted by Gasteiger charge is -2.33. The zero-order valence-corrected chi connectivity index (χ0v) is 14.4. The predicted molar refractivity (Wildman–Crippen MR) is 91.0 cm³/mol. The molecular formula is C20H22F3NO. The van der Waals surface area contributed by atoms with E-state index in [-0.39, 0.29) is 30.0 Å². The van der Waals surface area contributed by atoms with Gasteiger partial charge < -0.3 is 10.1 Å². The molecule has 1 saturated heterocycles. The van der Waals surface area contributed by atoms with Crippen molar-refractivity contribution in [1.82, 2.24) is 5.32 Å². The third-order valence-electron chi connectivity index (χ3n) is 4.95. The molecule has 5 heteroatoms. The van der Waals surface area contributed by atoms with Crippen LogP contribution in [0.4, 0.5) is 13.2 Å². The molecule has 0 bridgehead atoms. The summed E-state index contributed by atoms with van der Waals surface area (Å²) in [5.41, 5.74) is 2.88. The van der Waals surface area contributed by atoms with Crippen LogP contribution in [0.25, 0.3) is 0 Å². The van der Waals surface area contributed by atoms with Crippen molar-refractivity contribution in [3.63, 3.8) is 0 Å². The number of halogens is 3. The number of hydrogen-bond donors (Lipinski definition) is 1. The zero-order chi connectivity index (χ0) is 18.0. The van der Waals surface area contributed by atoms with Crippen LogP contribution in [0.15, 0.2) is 30.3 Å². The molecule has 25 heavy (non-hydrogen) atoms. The maximum Gasteiger partial charge on any atom is 0.162 e. The third-order valence-corrected chi connectivity index (χ3v) is 4.95. The van der Waals surface area contributed by atoms with Crippen LogP contribution < -0.4 is 5.32 Å². The topological polar surface area (TPSA) is 21.3 Å². The Morgan fingerprint density at radius 3 is 2.68 bits per heavy atom. The van der Waals surface area contributed by atoms with Crippen LogP contribution in [-0.2, 0) is 11.3 Å². The van der Waals surface area contributed by atoms with E-state index in [1.54, 1.807) is 13.0 Å². The van der Waals surface area contributed by atoms with Gasteiger partial charge >= 0.3 is 0 Å². The monoisotopic (exact) mass is 349 g/mol. The first-order valence-corrected chi connectivity index (χ1v) is 8.49. The molecule has 0 aliphatic carbocycles. The maximum atomic E-state index is 13.7. The summed E-state index contributed by atoms with van der Waals surface area (Å²) < 4.78 is 46.4. The molecule has 2 unspecified atom stereocenters. The van der Waals surface area contributed by atoms with Gasteiger partial charge in [-0.1, -0.05) is 12.1 Å². The van der Waals surface area contributed by atoms with Crippen molar-refractivity contribution < 1.29 is 17.9 Å². The lowest BCUT2D eigenvalue weighted by atomic mass is 9.86. The number of ether oxygens (including phenoxy) is 1. The Hall–Kier alpha value is -1.85. The highest BCUT2D eigenvalue weighted by Gasteiger charge is 2.28. The van der Waals surface area contributed by atoms with Crippen molar-refractivity contribution in [1.29, 1.82) is 0 Å². The molecule has 2 atom stereocenters. The molecule has 0 radical (unpaired) electrons. The normalized spacial score (nSPS) is 20.7. The van der Waals surface area contributed by atoms with Crippen molar-refractivity contribution in [2.45, 2.75) is 38.9 Å². The van der Waals surface area contributed by atoms with E-state index in [9.17, 15) is 13.2 Å². The van der Waals surface area contributed by atoms with E-state index in [4.69, 9.17) is 4.74 Å². The first kappa shape index (κ1) is 18.0. The number of benzene rings is 2. The van der Waals surface area contributed by atoms with Gasteiger partial charge in [0.15, 0.2) is 11.6 Å². The lowest BCUT2D eigenvalue weighted by molar-refractivity contribution is 0.00641. The summed E-state index contributed by atoms with van der Waals surface area (Å²) in [7, 11) is 0. The minimum absolute atomic E-state index is 0.0575. The first-order valence-electron chi connectivity index (χ1n) is 8.49. The summed E-state index contributed by atoms with van der Waals surface area (Å²) >= 11 is 0. The molecule has 2 nitrogen and oxygen atoms in total. The maximum absolute atomic E-state index is 13.7. The fraction of sp³-hybridized carbons (Fsp3) is 0.400. The van der Waals surface area contributed by atoms with Crippen LogP contribution in [0.5, 0.6) is 0 Å². The average Bonchev–Trinajstić information content (AvgIpc) is 2.60. The average molecular weight is 349 g/mol. The number of hydrogen-bond acceptors (Lipinski definition) is 2. The second-order valence-corrected chi connectivity index (χ2v) is 6.60. The van der Waals surface area contributed by atoms with Gasteiger partial charge in [-0.05, 0) is 67.3 Å². The molecule has 2 aromatic carbocycles. The second kappa shape index (κ2) is 7.58.